The lowest BCUT2D eigenvalue weighted by Gasteiger charge is -2.21. The first-order valence-electron chi connectivity index (χ1n) is 8.82. The molecule has 2 rings (SSSR count). The van der Waals surface area contributed by atoms with Crippen molar-refractivity contribution < 1.29 is 9.53 Å². The Balaban J connectivity index is 2.35. The molecule has 140 valence electrons. The molecule has 0 fully saturated rings. The molecule has 0 aliphatic heterocycles. The van der Waals surface area contributed by atoms with E-state index in [1.807, 2.05) is 31.2 Å². The summed E-state index contributed by atoms with van der Waals surface area (Å²) in [5.74, 6) is -0.374. The monoisotopic (exact) mass is 419 g/mol. The maximum absolute atomic E-state index is 12.3. The minimum absolute atomic E-state index is 0.0683. The van der Waals surface area contributed by atoms with E-state index in [0.29, 0.717) is 12.2 Å². The molecule has 0 unspecified atom stereocenters. The van der Waals surface area contributed by atoms with Crippen LogP contribution in [0.3, 0.4) is 0 Å². The summed E-state index contributed by atoms with van der Waals surface area (Å²) in [5.41, 5.74) is 2.18. The fourth-order valence-corrected chi connectivity index (χ4v) is 2.97. The molecule has 5 nitrogen and oxygen atoms in total. The predicted octanol–water partition coefficient (Wildman–Crippen LogP) is 5.26. The summed E-state index contributed by atoms with van der Waals surface area (Å²) in [4.78, 5) is 20.4. The molecule has 0 aliphatic rings. The Morgan fingerprint density at radius 3 is 2.38 bits per heavy atom. The third kappa shape index (κ3) is 4.81. The van der Waals surface area contributed by atoms with E-state index in [1.165, 1.54) is 0 Å². The lowest BCUT2D eigenvalue weighted by molar-refractivity contribution is -0.146. The zero-order valence-corrected chi connectivity index (χ0v) is 17.5. The Hall–Kier alpha value is -1.95. The highest BCUT2D eigenvalue weighted by Crippen LogP contribution is 2.28. The fraction of sp³-hybridized carbons (Fsp3) is 0.450. The first kappa shape index (κ1) is 20.4. The second-order valence-corrected chi connectivity index (χ2v) is 8.10. The van der Waals surface area contributed by atoms with Gasteiger partial charge in [0.15, 0.2) is 0 Å². The third-order valence-electron chi connectivity index (χ3n) is 3.97. The topological polar surface area (TPSA) is 78.8 Å². The van der Waals surface area contributed by atoms with E-state index in [2.05, 4.69) is 27.8 Å². The van der Waals surface area contributed by atoms with E-state index in [0.717, 1.165) is 27.8 Å². The summed E-state index contributed by atoms with van der Waals surface area (Å²) in [5, 5.41) is 8.30. The van der Waals surface area contributed by atoms with Crippen molar-refractivity contribution in [1.29, 1.82) is 5.41 Å². The number of rotatable bonds is 6. The van der Waals surface area contributed by atoms with Crippen LogP contribution in [0.25, 0.3) is 11.3 Å². The van der Waals surface area contributed by atoms with Crippen molar-refractivity contribution in [3.63, 3.8) is 0 Å². The van der Waals surface area contributed by atoms with Crippen LogP contribution in [0.1, 0.15) is 58.5 Å². The summed E-state index contributed by atoms with van der Waals surface area (Å²) < 4.78 is 6.36. The molecule has 0 aliphatic carbocycles. The van der Waals surface area contributed by atoms with Gasteiger partial charge in [-0.3, -0.25) is 5.41 Å². The lowest BCUT2D eigenvalue weighted by Crippen LogP contribution is -2.31. The van der Waals surface area contributed by atoms with Crippen LogP contribution in [0.5, 0.6) is 0 Å². The van der Waals surface area contributed by atoms with Gasteiger partial charge in [0, 0.05) is 15.7 Å². The van der Waals surface area contributed by atoms with Crippen LogP contribution in [0.2, 0.25) is 0 Å². The Morgan fingerprint density at radius 2 is 1.88 bits per heavy atom. The van der Waals surface area contributed by atoms with Crippen LogP contribution >= 0.6 is 15.9 Å². The summed E-state index contributed by atoms with van der Waals surface area (Å²) >= 11 is 3.44. The van der Waals surface area contributed by atoms with E-state index < -0.39 is 17.5 Å². The highest BCUT2D eigenvalue weighted by atomic mass is 79.9. The van der Waals surface area contributed by atoms with Gasteiger partial charge >= 0.3 is 5.97 Å². The minimum Gasteiger partial charge on any atom is -0.455 e. The number of aryl methyl sites for hydroxylation is 1. The van der Waals surface area contributed by atoms with Gasteiger partial charge in [-0.1, -0.05) is 41.9 Å². The number of H-pyrrole nitrogens is 1. The molecule has 1 atom stereocenters. The first-order valence-corrected chi connectivity index (χ1v) is 9.62. The van der Waals surface area contributed by atoms with Crippen molar-refractivity contribution in [3.8, 4) is 11.3 Å². The number of hydrogen-bond donors (Lipinski definition) is 2. The number of carbonyl (C=O) groups excluding carboxylic acids is 1. The molecule has 1 aromatic heterocycles. The van der Waals surface area contributed by atoms with E-state index in [1.54, 1.807) is 20.8 Å². The lowest BCUT2D eigenvalue weighted by atomic mass is 9.99. The van der Waals surface area contributed by atoms with Gasteiger partial charge in [-0.25, -0.2) is 9.78 Å². The standard InChI is InChI=1S/C20H26BrN3O2/c1-6-14(16(22)19(25)26-20(3,4)5)18-23-15(7-2)17(24-18)12-8-10-13(21)11-9-12/h8-11,14,22H,6-7H2,1-5H3,(H,23,24)/t14-/m0/s1. The van der Waals surface area contributed by atoms with Gasteiger partial charge in [0.05, 0.1) is 11.6 Å². The third-order valence-corrected chi connectivity index (χ3v) is 4.50. The summed E-state index contributed by atoms with van der Waals surface area (Å²) in [6.07, 6.45) is 1.38. The second kappa shape index (κ2) is 8.16. The first-order chi connectivity index (χ1) is 12.2. The molecule has 0 radical (unpaired) electrons. The molecule has 0 amide bonds. The smallest absolute Gasteiger partial charge is 0.353 e. The van der Waals surface area contributed by atoms with Crippen molar-refractivity contribution in [2.45, 2.75) is 59.0 Å². The molecule has 6 heteroatoms. The van der Waals surface area contributed by atoms with Gasteiger partial charge in [0.2, 0.25) is 0 Å². The summed E-state index contributed by atoms with van der Waals surface area (Å²) in [6, 6.07) is 7.96. The predicted molar refractivity (Wildman–Crippen MR) is 108 cm³/mol. The second-order valence-electron chi connectivity index (χ2n) is 7.19. The van der Waals surface area contributed by atoms with Crippen LogP contribution in [0.15, 0.2) is 28.7 Å². The number of ether oxygens (including phenoxy) is 1. The molecule has 1 aromatic carbocycles. The van der Waals surface area contributed by atoms with Gasteiger partial charge in [-0.15, -0.1) is 0 Å². The average molecular weight is 420 g/mol. The molecule has 0 saturated carbocycles. The van der Waals surface area contributed by atoms with Crippen LogP contribution < -0.4 is 0 Å². The average Bonchev–Trinajstić information content (AvgIpc) is 2.98. The molecule has 1 heterocycles. The minimum atomic E-state index is -0.623. The largest absolute Gasteiger partial charge is 0.455 e. The normalized spacial score (nSPS) is 12.7. The Labute approximate surface area is 163 Å². The van der Waals surface area contributed by atoms with Crippen LogP contribution in [0.4, 0.5) is 0 Å². The van der Waals surface area contributed by atoms with E-state index in [9.17, 15) is 4.79 Å². The fourth-order valence-electron chi connectivity index (χ4n) is 2.71. The Kier molecular flexibility index (Phi) is 6.39. The van der Waals surface area contributed by atoms with Crippen LogP contribution in [-0.2, 0) is 16.0 Å². The zero-order valence-electron chi connectivity index (χ0n) is 15.9. The van der Waals surface area contributed by atoms with Crippen molar-refractivity contribution >= 4 is 27.6 Å². The van der Waals surface area contributed by atoms with Crippen molar-refractivity contribution in [3.05, 3.63) is 40.3 Å². The Morgan fingerprint density at radius 1 is 1.27 bits per heavy atom. The maximum atomic E-state index is 12.3. The van der Waals surface area contributed by atoms with Gasteiger partial charge in [-0.05, 0) is 45.7 Å². The van der Waals surface area contributed by atoms with E-state index in [4.69, 9.17) is 15.1 Å². The van der Waals surface area contributed by atoms with Crippen molar-refractivity contribution in [2.75, 3.05) is 0 Å². The number of imidazole rings is 1. The summed E-state index contributed by atoms with van der Waals surface area (Å²) in [7, 11) is 0. The number of hydrogen-bond acceptors (Lipinski definition) is 4. The van der Waals surface area contributed by atoms with Crippen molar-refractivity contribution in [2.24, 2.45) is 0 Å². The molecule has 2 aromatic rings. The molecular weight excluding hydrogens is 394 g/mol. The molecule has 0 spiro atoms. The number of aromatic nitrogens is 2. The highest BCUT2D eigenvalue weighted by molar-refractivity contribution is 9.10. The number of halogens is 1. The van der Waals surface area contributed by atoms with Gasteiger partial charge in [-0.2, -0.15) is 0 Å². The number of nitrogens with zero attached hydrogens (tertiary/aromatic N) is 1. The quantitative estimate of drug-likeness (QED) is 0.495. The Bertz CT molecular complexity index is 788. The van der Waals surface area contributed by atoms with E-state index in [-0.39, 0.29) is 5.71 Å². The number of benzene rings is 1. The molecule has 2 N–H and O–H groups in total. The highest BCUT2D eigenvalue weighted by Gasteiger charge is 2.29. The maximum Gasteiger partial charge on any atom is 0.353 e. The van der Waals surface area contributed by atoms with Crippen molar-refractivity contribution in [1.82, 2.24) is 9.97 Å². The van der Waals surface area contributed by atoms with Crippen LogP contribution in [0, 0.1) is 5.41 Å². The molecule has 0 saturated heterocycles. The summed E-state index contributed by atoms with van der Waals surface area (Å²) in [6.45, 7) is 9.39. The van der Waals surface area contributed by atoms with Gasteiger partial charge < -0.3 is 9.72 Å². The van der Waals surface area contributed by atoms with Gasteiger partial charge in [0.1, 0.15) is 17.1 Å². The number of esters is 1. The molecule has 0 bridgehead atoms. The molecule has 26 heavy (non-hydrogen) atoms. The van der Waals surface area contributed by atoms with Crippen LogP contribution in [-0.4, -0.2) is 27.2 Å². The SMILES string of the molecule is CCc1[nH]c([C@@H](CC)C(=N)C(=O)OC(C)(C)C)nc1-c1ccc(Br)cc1. The van der Waals surface area contributed by atoms with Gasteiger partial charge in [0.25, 0.3) is 0 Å². The zero-order chi connectivity index (χ0) is 19.5. The number of nitrogens with one attached hydrogen (secondary N) is 2. The number of carbonyl (C=O) groups is 1. The van der Waals surface area contributed by atoms with E-state index >= 15 is 0 Å². The molecular formula is C20H26BrN3O2. The number of aromatic amines is 1.